The van der Waals surface area contributed by atoms with Crippen LogP contribution in [0.5, 0.6) is 0 Å². The predicted octanol–water partition coefficient (Wildman–Crippen LogP) is 2.25. The number of rotatable bonds is 3. The van der Waals surface area contributed by atoms with Crippen molar-refractivity contribution in [3.05, 3.63) is 65.1 Å². The predicted molar refractivity (Wildman–Crippen MR) is 89.3 cm³/mol. The van der Waals surface area contributed by atoms with E-state index in [2.05, 4.69) is 32.3 Å². The Labute approximate surface area is 145 Å². The lowest BCUT2D eigenvalue weighted by molar-refractivity contribution is 0.226. The van der Waals surface area contributed by atoms with E-state index in [1.807, 2.05) is 42.1 Å². The first kappa shape index (κ1) is 15.5. The molecule has 7 heteroatoms. The fourth-order valence-electron chi connectivity index (χ4n) is 3.28. The molecule has 25 heavy (non-hydrogen) atoms. The Balaban J connectivity index is 1.61. The highest BCUT2D eigenvalue weighted by Crippen LogP contribution is 2.24. The first-order chi connectivity index (χ1) is 12.2. The van der Waals surface area contributed by atoms with Crippen molar-refractivity contribution in [2.24, 2.45) is 0 Å². The molecular weight excluding hydrogens is 316 g/mol. The molecule has 0 amide bonds. The highest BCUT2D eigenvalue weighted by molar-refractivity contribution is 5.32. The van der Waals surface area contributed by atoms with Gasteiger partial charge in [-0.3, -0.25) is 9.58 Å². The van der Waals surface area contributed by atoms with Crippen molar-refractivity contribution in [2.45, 2.75) is 32.5 Å². The monoisotopic (exact) mass is 334 g/mol. The Morgan fingerprint density at radius 3 is 3.04 bits per heavy atom. The lowest BCUT2D eigenvalue weighted by Gasteiger charge is -2.22. The number of hydrogen-bond acceptors (Lipinski definition) is 6. The van der Waals surface area contributed by atoms with Crippen LogP contribution in [0.2, 0.25) is 0 Å². The van der Waals surface area contributed by atoms with Gasteiger partial charge < -0.3 is 4.52 Å². The molecule has 0 aliphatic carbocycles. The molecule has 1 aliphatic rings. The summed E-state index contributed by atoms with van der Waals surface area (Å²) in [6, 6.07) is 12.0. The Hall–Kier alpha value is -2.98. The van der Waals surface area contributed by atoms with Gasteiger partial charge in [-0.15, -0.1) is 0 Å². The normalized spacial score (nSPS) is 17.7. The van der Waals surface area contributed by atoms with E-state index in [0.29, 0.717) is 17.3 Å². The van der Waals surface area contributed by atoms with E-state index in [9.17, 15) is 0 Å². The number of nitrogens with zero attached hydrogens (tertiary/aromatic N) is 6. The van der Waals surface area contributed by atoms with Gasteiger partial charge in [-0.1, -0.05) is 17.3 Å². The molecule has 4 rings (SSSR count). The minimum atomic E-state index is 0.0847. The maximum absolute atomic E-state index is 9.11. The summed E-state index contributed by atoms with van der Waals surface area (Å²) in [6.07, 6.45) is 1.82. The molecule has 0 saturated carbocycles. The Morgan fingerprint density at radius 1 is 1.32 bits per heavy atom. The van der Waals surface area contributed by atoms with Crippen LogP contribution in [0.25, 0.3) is 0 Å². The van der Waals surface area contributed by atoms with E-state index in [0.717, 1.165) is 37.4 Å². The van der Waals surface area contributed by atoms with E-state index >= 15 is 0 Å². The molecule has 1 atom stereocenters. The van der Waals surface area contributed by atoms with Crippen LogP contribution in [0, 0.1) is 18.3 Å². The third-order valence-corrected chi connectivity index (χ3v) is 4.42. The zero-order valence-corrected chi connectivity index (χ0v) is 14.0. The molecule has 0 N–H and O–H groups in total. The van der Waals surface area contributed by atoms with E-state index in [4.69, 9.17) is 9.78 Å². The highest BCUT2D eigenvalue weighted by Gasteiger charge is 2.27. The summed E-state index contributed by atoms with van der Waals surface area (Å²) in [5, 5.41) is 17.5. The molecule has 3 heterocycles. The van der Waals surface area contributed by atoms with Crippen LogP contribution in [0.15, 0.2) is 41.1 Å². The fraction of sp³-hybridized carbons (Fsp3) is 0.333. The molecule has 126 valence electrons. The second kappa shape index (κ2) is 6.49. The third-order valence-electron chi connectivity index (χ3n) is 4.42. The van der Waals surface area contributed by atoms with Gasteiger partial charge in [0.2, 0.25) is 5.89 Å². The number of benzene rings is 1. The van der Waals surface area contributed by atoms with Crippen molar-refractivity contribution in [3.8, 4) is 6.07 Å². The summed E-state index contributed by atoms with van der Waals surface area (Å²) < 4.78 is 7.42. The summed E-state index contributed by atoms with van der Waals surface area (Å²) in [5.74, 6) is 1.38. The van der Waals surface area contributed by atoms with Gasteiger partial charge in [-0.2, -0.15) is 15.3 Å². The van der Waals surface area contributed by atoms with Gasteiger partial charge in [-0.05, 0) is 30.7 Å². The molecule has 1 aliphatic heterocycles. The molecule has 0 saturated heterocycles. The summed E-state index contributed by atoms with van der Waals surface area (Å²) >= 11 is 0. The Bertz CT molecular complexity index is 922. The second-order valence-corrected chi connectivity index (χ2v) is 6.36. The molecule has 0 bridgehead atoms. The smallest absolute Gasteiger partial charge is 0.232 e. The molecule has 2 aromatic heterocycles. The number of hydrogen-bond donors (Lipinski definition) is 0. The van der Waals surface area contributed by atoms with Gasteiger partial charge in [0.1, 0.15) is 0 Å². The number of fused-ring (bicyclic) bond motifs is 1. The van der Waals surface area contributed by atoms with Gasteiger partial charge in [0.05, 0.1) is 29.8 Å². The molecule has 3 aromatic rings. The molecule has 1 unspecified atom stereocenters. The van der Waals surface area contributed by atoms with Crippen LogP contribution in [0.4, 0.5) is 0 Å². The standard InChI is InChI=1S/C18H18N6O/c1-13-21-18(25-22-13)16-10-23(12-17-5-6-20-24(17)11-16)9-15-4-2-3-14(7-15)8-19/h2-7,16H,9-12H2,1H3. The number of nitriles is 1. The maximum Gasteiger partial charge on any atom is 0.232 e. The average Bonchev–Trinajstić information content (AvgIpc) is 3.20. The van der Waals surface area contributed by atoms with Crippen LogP contribution >= 0.6 is 0 Å². The minimum Gasteiger partial charge on any atom is -0.339 e. The van der Waals surface area contributed by atoms with Crippen molar-refractivity contribution >= 4 is 0 Å². The van der Waals surface area contributed by atoms with Crippen molar-refractivity contribution < 1.29 is 4.52 Å². The minimum absolute atomic E-state index is 0.0847. The molecular formula is C18H18N6O. The van der Waals surface area contributed by atoms with Crippen LogP contribution in [0.1, 0.15) is 34.5 Å². The quantitative estimate of drug-likeness (QED) is 0.730. The topological polar surface area (TPSA) is 83.8 Å². The number of aryl methyl sites for hydroxylation is 1. The van der Waals surface area contributed by atoms with Crippen molar-refractivity contribution in [1.29, 1.82) is 5.26 Å². The lowest BCUT2D eigenvalue weighted by atomic mass is 10.1. The molecule has 7 nitrogen and oxygen atoms in total. The van der Waals surface area contributed by atoms with Crippen LogP contribution < -0.4 is 0 Å². The maximum atomic E-state index is 9.11. The first-order valence-corrected chi connectivity index (χ1v) is 8.23. The van der Waals surface area contributed by atoms with E-state index < -0.39 is 0 Å². The van der Waals surface area contributed by atoms with E-state index in [-0.39, 0.29) is 5.92 Å². The van der Waals surface area contributed by atoms with Gasteiger partial charge in [0.15, 0.2) is 5.82 Å². The van der Waals surface area contributed by atoms with E-state index in [1.165, 1.54) is 0 Å². The second-order valence-electron chi connectivity index (χ2n) is 6.36. The van der Waals surface area contributed by atoms with Gasteiger partial charge in [0.25, 0.3) is 0 Å². The van der Waals surface area contributed by atoms with Crippen molar-refractivity contribution in [3.63, 3.8) is 0 Å². The van der Waals surface area contributed by atoms with Crippen LogP contribution in [-0.4, -0.2) is 31.4 Å². The van der Waals surface area contributed by atoms with Crippen molar-refractivity contribution in [1.82, 2.24) is 24.8 Å². The van der Waals surface area contributed by atoms with Crippen LogP contribution in [-0.2, 0) is 19.6 Å². The largest absolute Gasteiger partial charge is 0.339 e. The average molecular weight is 334 g/mol. The number of aromatic nitrogens is 4. The van der Waals surface area contributed by atoms with Crippen LogP contribution in [0.3, 0.4) is 0 Å². The lowest BCUT2D eigenvalue weighted by Crippen LogP contribution is -2.27. The zero-order valence-electron chi connectivity index (χ0n) is 14.0. The zero-order chi connectivity index (χ0) is 17.2. The Morgan fingerprint density at radius 2 is 2.24 bits per heavy atom. The summed E-state index contributed by atoms with van der Waals surface area (Å²) in [6.45, 7) is 4.89. The van der Waals surface area contributed by atoms with E-state index in [1.54, 1.807) is 0 Å². The van der Waals surface area contributed by atoms with Gasteiger partial charge in [-0.25, -0.2) is 0 Å². The fourth-order valence-corrected chi connectivity index (χ4v) is 3.28. The van der Waals surface area contributed by atoms with Gasteiger partial charge in [0, 0.05) is 25.8 Å². The Kier molecular flexibility index (Phi) is 4.04. The SMILES string of the molecule is Cc1noc(C2CN(Cc3cccc(C#N)c3)Cc3ccnn3C2)n1. The third kappa shape index (κ3) is 3.30. The summed E-state index contributed by atoms with van der Waals surface area (Å²) in [5.41, 5.74) is 2.96. The molecule has 1 aromatic carbocycles. The molecule has 0 spiro atoms. The van der Waals surface area contributed by atoms with Gasteiger partial charge >= 0.3 is 0 Å². The molecule has 0 fully saturated rings. The highest BCUT2D eigenvalue weighted by atomic mass is 16.5. The first-order valence-electron chi connectivity index (χ1n) is 8.23. The summed E-state index contributed by atoms with van der Waals surface area (Å²) in [7, 11) is 0. The summed E-state index contributed by atoms with van der Waals surface area (Å²) in [4.78, 5) is 6.75. The van der Waals surface area contributed by atoms with Crippen molar-refractivity contribution in [2.75, 3.05) is 6.54 Å². The molecule has 0 radical (unpaired) electrons.